The second kappa shape index (κ2) is 4.17. The molecule has 0 aliphatic heterocycles. The van der Waals surface area contributed by atoms with Gasteiger partial charge in [-0.2, -0.15) is 4.36 Å². The number of rotatable bonds is 1. The molecule has 0 N–H and O–H groups in total. The fourth-order valence-corrected chi connectivity index (χ4v) is 2.11. The average molecular weight is 240 g/mol. The highest BCUT2D eigenvalue weighted by molar-refractivity contribution is 7.92. The van der Waals surface area contributed by atoms with Gasteiger partial charge in [0.05, 0.1) is 5.69 Å². The van der Waals surface area contributed by atoms with Crippen LogP contribution in [0.25, 0.3) is 0 Å². The lowest BCUT2D eigenvalue weighted by Crippen LogP contribution is -2.15. The Bertz CT molecular complexity index is 498. The van der Waals surface area contributed by atoms with Crippen LogP contribution in [0.2, 0.25) is 0 Å². The molecule has 0 saturated carbocycles. The van der Waals surface area contributed by atoms with Gasteiger partial charge in [-0.05, 0) is 18.6 Å². The van der Waals surface area contributed by atoms with Crippen molar-refractivity contribution in [2.45, 2.75) is 33.1 Å². The number of hydrogen-bond donors (Lipinski definition) is 0. The largest absolute Gasteiger partial charge is 0.250 e. The minimum atomic E-state index is -2.14. The third-order valence-corrected chi connectivity index (χ3v) is 2.73. The van der Waals surface area contributed by atoms with Crippen LogP contribution in [0.5, 0.6) is 0 Å². The van der Waals surface area contributed by atoms with Crippen LogP contribution in [0.3, 0.4) is 0 Å². The van der Waals surface area contributed by atoms with Gasteiger partial charge in [-0.25, -0.2) is 9.19 Å². The summed E-state index contributed by atoms with van der Waals surface area (Å²) in [5.41, 5.74) is 2.14. The van der Waals surface area contributed by atoms with E-state index >= 15 is 0 Å². The van der Waals surface area contributed by atoms with Crippen molar-refractivity contribution in [2.75, 3.05) is 12.5 Å². The number of pyridine rings is 1. The standard InChI is InChI=1S/C12H20N2OS/c1-9-7-8-10(14-16(5,6)15)13-11(9)12(2,3)4/h7-8H,1-6H3. The van der Waals surface area contributed by atoms with Gasteiger partial charge in [0, 0.05) is 27.7 Å². The maximum Gasteiger partial charge on any atom is 0.161 e. The SMILES string of the molecule is Cc1ccc(N=S(C)(C)=O)nc1C(C)(C)C. The third-order valence-electron chi connectivity index (χ3n) is 2.11. The Morgan fingerprint density at radius 1 is 1.25 bits per heavy atom. The molecule has 1 rings (SSSR count). The van der Waals surface area contributed by atoms with Gasteiger partial charge >= 0.3 is 0 Å². The molecule has 0 aromatic carbocycles. The van der Waals surface area contributed by atoms with Gasteiger partial charge < -0.3 is 0 Å². The first-order valence-electron chi connectivity index (χ1n) is 5.25. The maximum absolute atomic E-state index is 11.6. The summed E-state index contributed by atoms with van der Waals surface area (Å²) in [6.45, 7) is 8.37. The Hall–Kier alpha value is -0.900. The van der Waals surface area contributed by atoms with Crippen LogP contribution in [-0.2, 0) is 15.1 Å². The average Bonchev–Trinajstić information content (AvgIpc) is 2.04. The highest BCUT2D eigenvalue weighted by Gasteiger charge is 2.18. The molecular weight excluding hydrogens is 220 g/mol. The van der Waals surface area contributed by atoms with Crippen LogP contribution < -0.4 is 0 Å². The minimum absolute atomic E-state index is 0.0159. The topological polar surface area (TPSA) is 42.3 Å². The molecule has 0 radical (unpaired) electrons. The Kier molecular flexibility index (Phi) is 3.43. The molecule has 0 fully saturated rings. The number of hydrogen-bond acceptors (Lipinski definition) is 3. The zero-order chi connectivity index (χ0) is 12.6. The first kappa shape index (κ1) is 13.2. The van der Waals surface area contributed by atoms with E-state index in [2.05, 4.69) is 30.1 Å². The van der Waals surface area contributed by atoms with Gasteiger partial charge in [0.15, 0.2) is 5.82 Å². The lowest BCUT2D eigenvalue weighted by atomic mass is 9.89. The van der Waals surface area contributed by atoms with E-state index in [0.29, 0.717) is 5.82 Å². The fraction of sp³-hybridized carbons (Fsp3) is 0.583. The molecule has 0 unspecified atom stereocenters. The van der Waals surface area contributed by atoms with E-state index in [9.17, 15) is 4.21 Å². The predicted molar refractivity (Wildman–Crippen MR) is 69.8 cm³/mol. The molecule has 4 heteroatoms. The summed E-state index contributed by atoms with van der Waals surface area (Å²) in [6, 6.07) is 3.80. The Balaban J connectivity index is 3.35. The van der Waals surface area contributed by atoms with Crippen LogP contribution in [0.1, 0.15) is 32.0 Å². The van der Waals surface area contributed by atoms with Gasteiger partial charge in [-0.3, -0.25) is 0 Å². The molecule has 16 heavy (non-hydrogen) atoms. The maximum atomic E-state index is 11.6. The molecule has 0 amide bonds. The summed E-state index contributed by atoms with van der Waals surface area (Å²) >= 11 is 0. The van der Waals surface area contributed by atoms with Crippen LogP contribution >= 0.6 is 0 Å². The van der Waals surface area contributed by atoms with Gasteiger partial charge in [-0.15, -0.1) is 0 Å². The molecule has 0 aliphatic carbocycles. The Morgan fingerprint density at radius 2 is 1.81 bits per heavy atom. The second-order valence-electron chi connectivity index (χ2n) is 5.36. The van der Waals surface area contributed by atoms with Gasteiger partial charge in [0.25, 0.3) is 0 Å². The summed E-state index contributed by atoms with van der Waals surface area (Å²) in [4.78, 5) is 4.48. The second-order valence-corrected chi connectivity index (χ2v) is 7.90. The van der Waals surface area contributed by atoms with Crippen molar-refractivity contribution in [3.8, 4) is 0 Å². The van der Waals surface area contributed by atoms with Crippen molar-refractivity contribution in [3.05, 3.63) is 23.4 Å². The fourth-order valence-electron chi connectivity index (χ4n) is 1.55. The predicted octanol–water partition coefficient (Wildman–Crippen LogP) is 3.05. The van der Waals surface area contributed by atoms with E-state index < -0.39 is 9.73 Å². The lowest BCUT2D eigenvalue weighted by Gasteiger charge is -2.20. The van der Waals surface area contributed by atoms with Crippen LogP contribution in [-0.4, -0.2) is 21.7 Å². The smallest absolute Gasteiger partial charge is 0.161 e. The Labute approximate surface area is 98.5 Å². The van der Waals surface area contributed by atoms with E-state index in [0.717, 1.165) is 11.3 Å². The van der Waals surface area contributed by atoms with E-state index in [1.54, 1.807) is 12.5 Å². The summed E-state index contributed by atoms with van der Waals surface area (Å²) in [5, 5.41) is 0. The summed E-state index contributed by atoms with van der Waals surface area (Å²) < 4.78 is 15.7. The molecule has 1 aromatic heterocycles. The normalized spacial score (nSPS) is 12.6. The van der Waals surface area contributed by atoms with Gasteiger partial charge in [0.1, 0.15) is 0 Å². The number of nitrogens with zero attached hydrogens (tertiary/aromatic N) is 2. The van der Waals surface area contributed by atoms with Crippen LogP contribution in [0, 0.1) is 6.92 Å². The molecule has 1 heterocycles. The van der Waals surface area contributed by atoms with Crippen molar-refractivity contribution < 1.29 is 4.21 Å². The highest BCUT2D eigenvalue weighted by atomic mass is 32.2. The van der Waals surface area contributed by atoms with Crippen molar-refractivity contribution in [1.29, 1.82) is 0 Å². The first-order chi connectivity index (χ1) is 7.09. The first-order valence-corrected chi connectivity index (χ1v) is 7.58. The minimum Gasteiger partial charge on any atom is -0.250 e. The molecule has 3 nitrogen and oxygen atoms in total. The molecule has 0 saturated heterocycles. The molecule has 90 valence electrons. The molecule has 0 aliphatic rings. The van der Waals surface area contributed by atoms with Crippen molar-refractivity contribution in [3.63, 3.8) is 0 Å². The summed E-state index contributed by atoms with van der Waals surface area (Å²) in [7, 11) is -2.14. The summed E-state index contributed by atoms with van der Waals surface area (Å²) in [6.07, 6.45) is 3.23. The quantitative estimate of drug-likeness (QED) is 0.757. The van der Waals surface area contributed by atoms with Crippen molar-refractivity contribution >= 4 is 15.5 Å². The highest BCUT2D eigenvalue weighted by Crippen LogP contribution is 2.26. The van der Waals surface area contributed by atoms with Crippen LogP contribution in [0.4, 0.5) is 5.82 Å². The van der Waals surface area contributed by atoms with Crippen molar-refractivity contribution in [1.82, 2.24) is 4.98 Å². The Morgan fingerprint density at radius 3 is 2.25 bits per heavy atom. The third kappa shape index (κ3) is 3.59. The molecule has 0 bridgehead atoms. The van der Waals surface area contributed by atoms with Crippen LogP contribution in [0.15, 0.2) is 16.5 Å². The van der Waals surface area contributed by atoms with E-state index in [1.165, 1.54) is 0 Å². The van der Waals surface area contributed by atoms with E-state index in [-0.39, 0.29) is 5.41 Å². The number of aromatic nitrogens is 1. The molecule has 1 aromatic rings. The monoisotopic (exact) mass is 240 g/mol. The molecule has 0 spiro atoms. The van der Waals surface area contributed by atoms with Crippen molar-refractivity contribution in [2.24, 2.45) is 4.36 Å². The zero-order valence-corrected chi connectivity index (χ0v) is 11.7. The lowest BCUT2D eigenvalue weighted by molar-refractivity contribution is 0.565. The van der Waals surface area contributed by atoms with Gasteiger partial charge in [-0.1, -0.05) is 26.8 Å². The molecular formula is C12H20N2OS. The molecule has 0 atom stereocenters. The summed E-state index contributed by atoms with van der Waals surface area (Å²) in [5.74, 6) is 0.561. The van der Waals surface area contributed by atoms with E-state index in [4.69, 9.17) is 0 Å². The van der Waals surface area contributed by atoms with Gasteiger partial charge in [0.2, 0.25) is 0 Å². The zero-order valence-electron chi connectivity index (χ0n) is 10.9. The number of aryl methyl sites for hydroxylation is 1. The van der Waals surface area contributed by atoms with E-state index in [1.807, 2.05) is 19.1 Å².